The van der Waals surface area contributed by atoms with Crippen LogP contribution in [0.15, 0.2) is 16.9 Å². The van der Waals surface area contributed by atoms with Crippen LogP contribution < -0.4 is 5.43 Å². The van der Waals surface area contributed by atoms with E-state index in [1.807, 2.05) is 0 Å². The van der Waals surface area contributed by atoms with E-state index in [9.17, 15) is 0 Å². The van der Waals surface area contributed by atoms with E-state index < -0.39 is 0 Å². The summed E-state index contributed by atoms with van der Waals surface area (Å²) in [5.74, 6) is 0.609. The van der Waals surface area contributed by atoms with E-state index >= 15 is 0 Å². The molecule has 0 fully saturated rings. The number of unbranched alkanes of at least 4 members (excludes halogenated alkanes) is 2. The molecule has 1 heterocycles. The van der Waals surface area contributed by atoms with Crippen molar-refractivity contribution >= 4 is 5.71 Å². The Hall–Kier alpha value is -0.790. The van der Waals surface area contributed by atoms with Crippen LogP contribution >= 0.6 is 0 Å². The molecule has 0 aromatic rings. The lowest BCUT2D eigenvalue weighted by atomic mass is 9.87. The summed E-state index contributed by atoms with van der Waals surface area (Å²) in [4.78, 5) is 0. The lowest BCUT2D eigenvalue weighted by Crippen LogP contribution is -2.22. The van der Waals surface area contributed by atoms with Crippen LogP contribution in [0.4, 0.5) is 0 Å². The van der Waals surface area contributed by atoms with E-state index in [1.54, 1.807) is 5.57 Å². The molecule has 1 aliphatic rings. The molecule has 1 rings (SSSR count). The fourth-order valence-electron chi connectivity index (χ4n) is 2.19. The van der Waals surface area contributed by atoms with Crippen LogP contribution in [0, 0.1) is 5.92 Å². The van der Waals surface area contributed by atoms with Crippen molar-refractivity contribution in [2.45, 2.75) is 59.3 Å². The van der Waals surface area contributed by atoms with Crippen molar-refractivity contribution in [2.75, 3.05) is 0 Å². The number of nitrogens with one attached hydrogen (secondary N) is 1. The van der Waals surface area contributed by atoms with Gasteiger partial charge < -0.3 is 0 Å². The summed E-state index contributed by atoms with van der Waals surface area (Å²) in [6.07, 6.45) is 9.78. The molecule has 1 N–H and O–H groups in total. The van der Waals surface area contributed by atoms with E-state index in [-0.39, 0.29) is 0 Å². The Balaban J connectivity index is 2.50. The van der Waals surface area contributed by atoms with Gasteiger partial charge in [0.25, 0.3) is 0 Å². The third-order valence-electron chi connectivity index (χ3n) is 3.08. The molecule has 2 heteroatoms. The van der Waals surface area contributed by atoms with Crippen LogP contribution in [0.5, 0.6) is 0 Å². The molecule has 15 heavy (non-hydrogen) atoms. The number of hydrogen-bond acceptors (Lipinski definition) is 2. The molecule has 0 aromatic heterocycles. The Labute approximate surface area is 93.8 Å². The number of allylic oxidation sites excluding steroid dienone is 1. The summed E-state index contributed by atoms with van der Waals surface area (Å²) in [7, 11) is 0. The van der Waals surface area contributed by atoms with Crippen molar-refractivity contribution in [3.8, 4) is 0 Å². The second kappa shape index (κ2) is 6.65. The summed E-state index contributed by atoms with van der Waals surface area (Å²) in [5.41, 5.74) is 5.82. The first-order chi connectivity index (χ1) is 7.29. The standard InChI is InChI=1S/C13H24N2/c1-4-6-7-9-13-11(3)15-14-10-12(13)8-5-2/h10,13-14H,4-9H2,1-3H3. The van der Waals surface area contributed by atoms with Gasteiger partial charge in [-0.3, -0.25) is 5.43 Å². The topological polar surface area (TPSA) is 24.4 Å². The predicted octanol–water partition coefficient (Wildman–Crippen LogP) is 3.85. The number of hydrazone groups is 1. The summed E-state index contributed by atoms with van der Waals surface area (Å²) >= 11 is 0. The summed E-state index contributed by atoms with van der Waals surface area (Å²) < 4.78 is 0. The molecule has 0 amide bonds. The van der Waals surface area contributed by atoms with Crippen LogP contribution in [-0.4, -0.2) is 5.71 Å². The van der Waals surface area contributed by atoms with Gasteiger partial charge in [-0.2, -0.15) is 5.10 Å². The highest BCUT2D eigenvalue weighted by molar-refractivity contribution is 5.87. The maximum Gasteiger partial charge on any atom is 0.0423 e. The first-order valence-corrected chi connectivity index (χ1v) is 6.28. The molecule has 0 saturated heterocycles. The van der Waals surface area contributed by atoms with Gasteiger partial charge in [0.05, 0.1) is 0 Å². The molecule has 0 aliphatic carbocycles. The van der Waals surface area contributed by atoms with Crippen LogP contribution in [0.3, 0.4) is 0 Å². The molecule has 0 saturated carbocycles. The highest BCUT2D eigenvalue weighted by Crippen LogP contribution is 2.25. The molecule has 0 aromatic carbocycles. The SMILES string of the molecule is CCCCCC1C(CCC)=CNN=C1C. The average Bonchev–Trinajstić information content (AvgIpc) is 2.23. The fourth-order valence-corrected chi connectivity index (χ4v) is 2.19. The van der Waals surface area contributed by atoms with E-state index in [2.05, 4.69) is 37.5 Å². The van der Waals surface area contributed by atoms with Crippen molar-refractivity contribution in [3.63, 3.8) is 0 Å². The maximum atomic E-state index is 4.31. The molecule has 1 unspecified atom stereocenters. The normalized spacial score (nSPS) is 20.6. The Morgan fingerprint density at radius 3 is 2.73 bits per heavy atom. The van der Waals surface area contributed by atoms with Crippen molar-refractivity contribution in [2.24, 2.45) is 11.0 Å². The minimum Gasteiger partial charge on any atom is -0.286 e. The smallest absolute Gasteiger partial charge is 0.0423 e. The van der Waals surface area contributed by atoms with Gasteiger partial charge in [-0.15, -0.1) is 0 Å². The lowest BCUT2D eigenvalue weighted by Gasteiger charge is -2.23. The monoisotopic (exact) mass is 208 g/mol. The molecule has 0 radical (unpaired) electrons. The van der Waals surface area contributed by atoms with Gasteiger partial charge in [-0.25, -0.2) is 0 Å². The summed E-state index contributed by atoms with van der Waals surface area (Å²) in [6, 6.07) is 0. The van der Waals surface area contributed by atoms with E-state index in [1.165, 1.54) is 44.2 Å². The zero-order chi connectivity index (χ0) is 11.1. The van der Waals surface area contributed by atoms with Gasteiger partial charge in [0.15, 0.2) is 0 Å². The highest BCUT2D eigenvalue weighted by Gasteiger charge is 2.19. The van der Waals surface area contributed by atoms with Crippen molar-refractivity contribution < 1.29 is 0 Å². The zero-order valence-corrected chi connectivity index (χ0v) is 10.3. The Bertz CT molecular complexity index is 241. The third kappa shape index (κ3) is 3.69. The van der Waals surface area contributed by atoms with Crippen molar-refractivity contribution in [1.82, 2.24) is 5.43 Å². The average molecular weight is 208 g/mol. The molecular weight excluding hydrogens is 184 g/mol. The molecule has 0 bridgehead atoms. The van der Waals surface area contributed by atoms with Crippen LogP contribution in [-0.2, 0) is 0 Å². The van der Waals surface area contributed by atoms with Crippen LogP contribution in [0.1, 0.15) is 59.3 Å². The summed E-state index contributed by atoms with van der Waals surface area (Å²) in [6.45, 7) is 6.64. The van der Waals surface area contributed by atoms with Gasteiger partial charge in [0.2, 0.25) is 0 Å². The van der Waals surface area contributed by atoms with Gasteiger partial charge in [0.1, 0.15) is 0 Å². The Kier molecular flexibility index (Phi) is 5.44. The minimum atomic E-state index is 0.609. The number of hydrogen-bond donors (Lipinski definition) is 1. The number of rotatable bonds is 6. The van der Waals surface area contributed by atoms with Gasteiger partial charge in [0, 0.05) is 17.8 Å². The molecule has 2 nitrogen and oxygen atoms in total. The first-order valence-electron chi connectivity index (χ1n) is 6.28. The van der Waals surface area contributed by atoms with Crippen molar-refractivity contribution in [1.29, 1.82) is 0 Å². The highest BCUT2D eigenvalue weighted by atomic mass is 15.3. The van der Waals surface area contributed by atoms with E-state index in [4.69, 9.17) is 0 Å². The molecular formula is C13H24N2. The largest absolute Gasteiger partial charge is 0.286 e. The quantitative estimate of drug-likeness (QED) is 0.659. The van der Waals surface area contributed by atoms with Crippen LogP contribution in [0.25, 0.3) is 0 Å². The van der Waals surface area contributed by atoms with Gasteiger partial charge in [-0.1, -0.05) is 39.5 Å². The van der Waals surface area contributed by atoms with Gasteiger partial charge in [-0.05, 0) is 25.3 Å². The molecule has 1 aliphatic heterocycles. The zero-order valence-electron chi connectivity index (χ0n) is 10.3. The molecule has 1 atom stereocenters. The Morgan fingerprint density at radius 1 is 1.27 bits per heavy atom. The number of nitrogens with zero attached hydrogens (tertiary/aromatic N) is 1. The lowest BCUT2D eigenvalue weighted by molar-refractivity contribution is 0.579. The summed E-state index contributed by atoms with van der Waals surface area (Å²) in [5, 5.41) is 4.31. The van der Waals surface area contributed by atoms with E-state index in [0.717, 1.165) is 0 Å². The maximum absolute atomic E-state index is 4.31. The van der Waals surface area contributed by atoms with Gasteiger partial charge >= 0.3 is 0 Å². The third-order valence-corrected chi connectivity index (χ3v) is 3.08. The van der Waals surface area contributed by atoms with Crippen LogP contribution in [0.2, 0.25) is 0 Å². The second-order valence-corrected chi connectivity index (χ2v) is 4.40. The molecule has 86 valence electrons. The van der Waals surface area contributed by atoms with Crippen molar-refractivity contribution in [3.05, 3.63) is 11.8 Å². The second-order valence-electron chi connectivity index (χ2n) is 4.40. The minimum absolute atomic E-state index is 0.609. The fraction of sp³-hybridized carbons (Fsp3) is 0.769. The molecule has 0 spiro atoms. The Morgan fingerprint density at radius 2 is 2.07 bits per heavy atom. The predicted molar refractivity (Wildman–Crippen MR) is 66.9 cm³/mol. The first kappa shape index (κ1) is 12.3. The van der Waals surface area contributed by atoms with E-state index in [0.29, 0.717) is 5.92 Å².